The largest absolute Gasteiger partial charge is 0.399 e. The first-order valence-corrected chi connectivity index (χ1v) is 7.02. The van der Waals surface area contributed by atoms with Crippen molar-refractivity contribution in [3.05, 3.63) is 22.7 Å². The molecule has 0 spiro atoms. The molecule has 2 N–H and O–H groups in total. The second-order valence-electron chi connectivity index (χ2n) is 3.86. The maximum Gasteiger partial charge on any atom is 0.237 e. The molecule has 1 aromatic carbocycles. The number of hydrogen-bond donors (Lipinski definition) is 1. The van der Waals surface area contributed by atoms with E-state index >= 15 is 0 Å². The number of benzene rings is 1. The maximum absolute atomic E-state index is 12.2. The monoisotopic (exact) mass is 318 g/mol. The summed E-state index contributed by atoms with van der Waals surface area (Å²) in [6.45, 7) is 1.65. The Morgan fingerprint density at radius 3 is 2.53 bits per heavy atom. The molecule has 2 atom stereocenters. The highest BCUT2D eigenvalue weighted by molar-refractivity contribution is 9.10. The van der Waals surface area contributed by atoms with Crippen molar-refractivity contribution < 1.29 is 9.00 Å². The lowest BCUT2D eigenvalue weighted by Gasteiger charge is -2.17. The second kappa shape index (κ2) is 5.64. The van der Waals surface area contributed by atoms with E-state index in [1.807, 2.05) is 0 Å². The molecular formula is C11H15BrN2O2S. The third-order valence-electron chi connectivity index (χ3n) is 2.28. The van der Waals surface area contributed by atoms with Crippen LogP contribution in [0, 0.1) is 0 Å². The van der Waals surface area contributed by atoms with Crippen molar-refractivity contribution in [3.8, 4) is 0 Å². The molecule has 0 saturated carbocycles. The third kappa shape index (κ3) is 3.29. The number of anilines is 1. The van der Waals surface area contributed by atoms with Gasteiger partial charge in [-0.2, -0.15) is 0 Å². The summed E-state index contributed by atoms with van der Waals surface area (Å²) in [6, 6.07) is 5.03. The van der Waals surface area contributed by atoms with Gasteiger partial charge in [-0.3, -0.25) is 9.00 Å². The van der Waals surface area contributed by atoms with Crippen LogP contribution in [-0.4, -0.2) is 34.4 Å². The van der Waals surface area contributed by atoms with Gasteiger partial charge in [-0.15, -0.1) is 0 Å². The van der Waals surface area contributed by atoms with E-state index in [1.165, 1.54) is 4.90 Å². The third-order valence-corrected chi connectivity index (χ3v) is 4.83. The molecule has 1 rings (SSSR count). The van der Waals surface area contributed by atoms with Crippen molar-refractivity contribution in [1.82, 2.24) is 4.90 Å². The number of halogens is 1. The Balaban J connectivity index is 3.01. The first kappa shape index (κ1) is 14.2. The standard InChI is InChI=1S/C11H15BrN2O2S/c1-7(11(15)14(2)3)17(16)10-5-4-8(13)6-9(10)12/h4-7H,13H2,1-3H3. The van der Waals surface area contributed by atoms with E-state index in [0.29, 0.717) is 15.1 Å². The van der Waals surface area contributed by atoms with Gasteiger partial charge in [-0.05, 0) is 41.1 Å². The lowest BCUT2D eigenvalue weighted by molar-refractivity contribution is -0.127. The predicted octanol–water partition coefficient (Wildman–Crippen LogP) is 1.62. The molecule has 6 heteroatoms. The lowest BCUT2D eigenvalue weighted by Crippen LogP contribution is -2.34. The van der Waals surface area contributed by atoms with Crippen LogP contribution >= 0.6 is 15.9 Å². The van der Waals surface area contributed by atoms with Crippen LogP contribution in [0.2, 0.25) is 0 Å². The van der Waals surface area contributed by atoms with E-state index in [4.69, 9.17) is 5.73 Å². The summed E-state index contributed by atoms with van der Waals surface area (Å²) in [7, 11) is 1.90. The lowest BCUT2D eigenvalue weighted by atomic mass is 10.3. The Labute approximate surface area is 112 Å². The molecule has 1 amide bonds. The Bertz CT molecular complexity index is 463. The van der Waals surface area contributed by atoms with Crippen LogP contribution in [0.25, 0.3) is 0 Å². The molecule has 0 radical (unpaired) electrons. The van der Waals surface area contributed by atoms with Gasteiger partial charge >= 0.3 is 0 Å². The van der Waals surface area contributed by atoms with Gasteiger partial charge in [0.1, 0.15) is 5.25 Å². The molecule has 17 heavy (non-hydrogen) atoms. The zero-order valence-corrected chi connectivity index (χ0v) is 12.3. The highest BCUT2D eigenvalue weighted by Crippen LogP contribution is 2.25. The first-order chi connectivity index (χ1) is 7.84. The van der Waals surface area contributed by atoms with Gasteiger partial charge in [-0.25, -0.2) is 0 Å². The molecular weight excluding hydrogens is 304 g/mol. The Kier molecular flexibility index (Phi) is 4.70. The van der Waals surface area contributed by atoms with Crippen LogP contribution in [-0.2, 0) is 15.6 Å². The van der Waals surface area contributed by atoms with Crippen LogP contribution in [0.4, 0.5) is 5.69 Å². The number of amides is 1. The van der Waals surface area contributed by atoms with Crippen LogP contribution in [0.3, 0.4) is 0 Å². The molecule has 0 fully saturated rings. The maximum atomic E-state index is 12.2. The van der Waals surface area contributed by atoms with Crippen molar-refractivity contribution in [2.45, 2.75) is 17.1 Å². The summed E-state index contributed by atoms with van der Waals surface area (Å²) in [5, 5.41) is -0.579. The molecule has 4 nitrogen and oxygen atoms in total. The quantitative estimate of drug-likeness (QED) is 0.861. The molecule has 0 bridgehead atoms. The molecule has 0 aliphatic heterocycles. The number of nitrogen functional groups attached to an aromatic ring is 1. The van der Waals surface area contributed by atoms with Crippen molar-refractivity contribution >= 4 is 38.3 Å². The minimum absolute atomic E-state index is 0.160. The normalized spacial score (nSPS) is 14.1. The summed E-state index contributed by atoms with van der Waals surface area (Å²) >= 11 is 3.30. The Morgan fingerprint density at radius 1 is 1.47 bits per heavy atom. The van der Waals surface area contributed by atoms with E-state index < -0.39 is 16.0 Å². The molecule has 2 unspecified atom stereocenters. The summed E-state index contributed by atoms with van der Waals surface area (Å²) in [5.41, 5.74) is 6.19. The van der Waals surface area contributed by atoms with Gasteiger partial charge in [0.25, 0.3) is 0 Å². The molecule has 0 heterocycles. The Hall–Kier alpha value is -0.880. The van der Waals surface area contributed by atoms with Gasteiger partial charge in [0.15, 0.2) is 0 Å². The van der Waals surface area contributed by atoms with Gasteiger partial charge in [0, 0.05) is 24.3 Å². The van der Waals surface area contributed by atoms with Crippen LogP contribution < -0.4 is 5.73 Å². The van der Waals surface area contributed by atoms with E-state index in [1.54, 1.807) is 39.2 Å². The zero-order valence-electron chi connectivity index (χ0n) is 9.94. The molecule has 94 valence electrons. The van der Waals surface area contributed by atoms with Gasteiger partial charge in [0.05, 0.1) is 15.7 Å². The van der Waals surface area contributed by atoms with Crippen molar-refractivity contribution in [2.24, 2.45) is 0 Å². The molecule has 0 aromatic heterocycles. The van der Waals surface area contributed by atoms with Gasteiger partial charge < -0.3 is 10.6 Å². The smallest absolute Gasteiger partial charge is 0.237 e. The highest BCUT2D eigenvalue weighted by atomic mass is 79.9. The van der Waals surface area contributed by atoms with Crippen LogP contribution in [0.1, 0.15) is 6.92 Å². The van der Waals surface area contributed by atoms with E-state index in [2.05, 4.69) is 15.9 Å². The summed E-state index contributed by atoms with van der Waals surface area (Å²) in [4.78, 5) is 13.8. The average Bonchev–Trinajstić information content (AvgIpc) is 2.26. The van der Waals surface area contributed by atoms with Crippen LogP contribution in [0.15, 0.2) is 27.6 Å². The fraction of sp³-hybridized carbons (Fsp3) is 0.364. The number of rotatable bonds is 3. The van der Waals surface area contributed by atoms with Crippen molar-refractivity contribution in [1.29, 1.82) is 0 Å². The molecule has 0 aliphatic rings. The molecule has 0 saturated heterocycles. The molecule has 0 aliphatic carbocycles. The number of carbonyl (C=O) groups is 1. The van der Waals surface area contributed by atoms with Gasteiger partial charge in [0.2, 0.25) is 5.91 Å². The minimum Gasteiger partial charge on any atom is -0.399 e. The SMILES string of the molecule is CC(C(=O)N(C)C)S(=O)c1ccc(N)cc1Br. The number of nitrogens with zero attached hydrogens (tertiary/aromatic N) is 1. The summed E-state index contributed by atoms with van der Waals surface area (Å²) < 4.78 is 12.9. The van der Waals surface area contributed by atoms with Crippen molar-refractivity contribution in [3.63, 3.8) is 0 Å². The van der Waals surface area contributed by atoms with E-state index in [-0.39, 0.29) is 5.91 Å². The number of carbonyl (C=O) groups excluding carboxylic acids is 1. The fourth-order valence-corrected chi connectivity index (χ4v) is 3.43. The number of hydrogen-bond acceptors (Lipinski definition) is 3. The zero-order chi connectivity index (χ0) is 13.2. The van der Waals surface area contributed by atoms with E-state index in [0.717, 1.165) is 0 Å². The summed E-state index contributed by atoms with van der Waals surface area (Å²) in [5.74, 6) is -0.160. The topological polar surface area (TPSA) is 63.4 Å². The van der Waals surface area contributed by atoms with Crippen LogP contribution in [0.5, 0.6) is 0 Å². The summed E-state index contributed by atoms with van der Waals surface area (Å²) in [6.07, 6.45) is 0. The number of nitrogens with two attached hydrogens (primary N) is 1. The van der Waals surface area contributed by atoms with E-state index in [9.17, 15) is 9.00 Å². The van der Waals surface area contributed by atoms with Gasteiger partial charge in [-0.1, -0.05) is 0 Å². The second-order valence-corrected chi connectivity index (χ2v) is 6.46. The fourth-order valence-electron chi connectivity index (χ4n) is 1.33. The molecule has 1 aromatic rings. The first-order valence-electron chi connectivity index (χ1n) is 5.01. The predicted molar refractivity (Wildman–Crippen MR) is 73.1 cm³/mol. The minimum atomic E-state index is -1.39. The van der Waals surface area contributed by atoms with Crippen molar-refractivity contribution in [2.75, 3.05) is 19.8 Å². The highest BCUT2D eigenvalue weighted by Gasteiger charge is 2.24. The average molecular weight is 319 g/mol. The Morgan fingerprint density at radius 2 is 2.06 bits per heavy atom.